The first-order valence-corrected chi connectivity index (χ1v) is 7.16. The minimum absolute atomic E-state index is 0.00130. The topological polar surface area (TPSA) is 34.5 Å². The highest BCUT2D eigenvalue weighted by Gasteiger charge is 2.26. The Labute approximate surface area is 115 Å². The number of carbonyl (C=O) groups excluding carboxylic acids is 1. The van der Waals surface area contributed by atoms with Gasteiger partial charge in [0.25, 0.3) is 0 Å². The van der Waals surface area contributed by atoms with E-state index in [0.717, 1.165) is 32.5 Å². The Balaban J connectivity index is 1.86. The second-order valence-electron chi connectivity index (χ2n) is 5.39. The summed E-state index contributed by atoms with van der Waals surface area (Å²) < 4.78 is 7.41. The average Bonchev–Trinajstić information content (AvgIpc) is 2.85. The van der Waals surface area contributed by atoms with Gasteiger partial charge in [-0.15, -0.1) is 0 Å². The van der Waals surface area contributed by atoms with Gasteiger partial charge in [0.2, 0.25) is 0 Å². The van der Waals surface area contributed by atoms with Crippen LogP contribution >= 0.6 is 0 Å². The van der Waals surface area contributed by atoms with Gasteiger partial charge in [-0.25, -0.2) is 4.79 Å². The SMILES string of the molecule is CCN1CCC(C(C)OC(=O)c2cccn2C)CC1. The van der Waals surface area contributed by atoms with Crippen LogP contribution in [0.5, 0.6) is 0 Å². The van der Waals surface area contributed by atoms with Gasteiger partial charge < -0.3 is 14.2 Å². The Bertz CT molecular complexity index is 420. The third-order valence-corrected chi connectivity index (χ3v) is 4.19. The number of nitrogens with zero attached hydrogens (tertiary/aromatic N) is 2. The molecule has 2 heterocycles. The number of rotatable bonds is 4. The maximum absolute atomic E-state index is 12.0. The summed E-state index contributed by atoms with van der Waals surface area (Å²) in [6.45, 7) is 7.57. The molecule has 2 rings (SSSR count). The third kappa shape index (κ3) is 3.38. The fourth-order valence-corrected chi connectivity index (χ4v) is 2.74. The van der Waals surface area contributed by atoms with Crippen LogP contribution in [0.4, 0.5) is 0 Å². The van der Waals surface area contributed by atoms with Crippen LogP contribution in [0.2, 0.25) is 0 Å². The van der Waals surface area contributed by atoms with E-state index in [0.29, 0.717) is 11.6 Å². The number of esters is 1. The Hall–Kier alpha value is -1.29. The highest BCUT2D eigenvalue weighted by atomic mass is 16.5. The van der Waals surface area contributed by atoms with Crippen molar-refractivity contribution in [1.82, 2.24) is 9.47 Å². The molecule has 106 valence electrons. The molecule has 1 saturated heterocycles. The number of aryl methyl sites for hydroxylation is 1. The normalized spacial score (nSPS) is 19.3. The summed E-state index contributed by atoms with van der Waals surface area (Å²) in [5.74, 6) is 0.282. The van der Waals surface area contributed by atoms with Crippen LogP contribution in [0.15, 0.2) is 18.3 Å². The van der Waals surface area contributed by atoms with Crippen LogP contribution in [0.1, 0.15) is 37.2 Å². The van der Waals surface area contributed by atoms with E-state index >= 15 is 0 Å². The highest BCUT2D eigenvalue weighted by molar-refractivity contribution is 5.87. The van der Waals surface area contributed by atoms with E-state index in [4.69, 9.17) is 4.74 Å². The van der Waals surface area contributed by atoms with E-state index in [1.54, 1.807) is 10.6 Å². The van der Waals surface area contributed by atoms with Crippen molar-refractivity contribution >= 4 is 5.97 Å². The predicted molar refractivity (Wildman–Crippen MR) is 75.1 cm³/mol. The molecule has 0 aromatic carbocycles. The summed E-state index contributed by atoms with van der Waals surface area (Å²) in [6.07, 6.45) is 4.10. The number of hydrogen-bond donors (Lipinski definition) is 0. The van der Waals surface area contributed by atoms with Gasteiger partial charge in [0.05, 0.1) is 0 Å². The van der Waals surface area contributed by atoms with Gasteiger partial charge in [-0.1, -0.05) is 6.92 Å². The van der Waals surface area contributed by atoms with Gasteiger partial charge in [-0.2, -0.15) is 0 Å². The number of aromatic nitrogens is 1. The molecule has 1 unspecified atom stereocenters. The molecule has 1 aromatic heterocycles. The molecule has 0 radical (unpaired) electrons. The number of ether oxygens (including phenoxy) is 1. The second-order valence-corrected chi connectivity index (χ2v) is 5.39. The molecule has 4 nitrogen and oxygen atoms in total. The molecule has 0 N–H and O–H groups in total. The predicted octanol–water partition coefficient (Wildman–Crippen LogP) is 2.30. The highest BCUT2D eigenvalue weighted by Crippen LogP contribution is 2.23. The van der Waals surface area contributed by atoms with Gasteiger partial charge in [0.1, 0.15) is 11.8 Å². The summed E-state index contributed by atoms with van der Waals surface area (Å²) in [7, 11) is 1.86. The number of carbonyl (C=O) groups is 1. The molecular formula is C15H24N2O2. The third-order valence-electron chi connectivity index (χ3n) is 4.19. The van der Waals surface area contributed by atoms with Crippen LogP contribution in [0, 0.1) is 5.92 Å². The van der Waals surface area contributed by atoms with Crippen molar-refractivity contribution in [1.29, 1.82) is 0 Å². The minimum Gasteiger partial charge on any atom is -0.458 e. The molecule has 0 saturated carbocycles. The molecule has 1 aliphatic rings. The van der Waals surface area contributed by atoms with Gasteiger partial charge >= 0.3 is 5.97 Å². The maximum atomic E-state index is 12.0. The standard InChI is InChI=1S/C15H24N2O2/c1-4-17-10-7-13(8-11-17)12(2)19-15(18)14-6-5-9-16(14)3/h5-6,9,12-13H,4,7-8,10-11H2,1-3H3. The first-order chi connectivity index (χ1) is 9.11. The molecule has 1 fully saturated rings. The minimum atomic E-state index is -0.210. The second kappa shape index (κ2) is 6.24. The Morgan fingerprint density at radius 2 is 2.16 bits per heavy atom. The van der Waals surface area contributed by atoms with E-state index < -0.39 is 0 Å². The maximum Gasteiger partial charge on any atom is 0.355 e. The van der Waals surface area contributed by atoms with Gasteiger partial charge in [0.15, 0.2) is 0 Å². The van der Waals surface area contributed by atoms with Crippen molar-refractivity contribution in [3.63, 3.8) is 0 Å². The monoisotopic (exact) mass is 264 g/mol. The Morgan fingerprint density at radius 1 is 1.47 bits per heavy atom. The van der Waals surface area contributed by atoms with E-state index in [2.05, 4.69) is 11.8 Å². The largest absolute Gasteiger partial charge is 0.458 e. The van der Waals surface area contributed by atoms with Crippen molar-refractivity contribution in [3.8, 4) is 0 Å². The Morgan fingerprint density at radius 3 is 2.68 bits per heavy atom. The molecule has 0 spiro atoms. The fourth-order valence-electron chi connectivity index (χ4n) is 2.74. The van der Waals surface area contributed by atoms with Crippen molar-refractivity contribution in [3.05, 3.63) is 24.0 Å². The number of piperidine rings is 1. The number of hydrogen-bond acceptors (Lipinski definition) is 3. The molecule has 0 bridgehead atoms. The summed E-state index contributed by atoms with van der Waals surface area (Å²) in [6, 6.07) is 3.66. The Kier molecular flexibility index (Phi) is 4.64. The number of likely N-dealkylation sites (tertiary alicyclic amines) is 1. The molecule has 4 heteroatoms. The van der Waals surface area contributed by atoms with Crippen molar-refractivity contribution in [2.24, 2.45) is 13.0 Å². The zero-order valence-corrected chi connectivity index (χ0v) is 12.1. The molecule has 19 heavy (non-hydrogen) atoms. The summed E-state index contributed by atoms with van der Waals surface area (Å²) in [4.78, 5) is 14.5. The van der Waals surface area contributed by atoms with Gasteiger partial charge in [-0.05, 0) is 57.5 Å². The molecular weight excluding hydrogens is 240 g/mol. The van der Waals surface area contributed by atoms with Crippen molar-refractivity contribution < 1.29 is 9.53 Å². The van der Waals surface area contributed by atoms with Crippen LogP contribution in [0.25, 0.3) is 0 Å². The summed E-state index contributed by atoms with van der Waals surface area (Å²) in [5.41, 5.74) is 0.623. The van der Waals surface area contributed by atoms with Gasteiger partial charge in [0, 0.05) is 13.2 Å². The lowest BCUT2D eigenvalue weighted by molar-refractivity contribution is 0.00761. The molecule has 1 aromatic rings. The first kappa shape index (κ1) is 14.1. The van der Waals surface area contributed by atoms with Crippen LogP contribution < -0.4 is 0 Å². The van der Waals surface area contributed by atoms with E-state index in [1.165, 1.54) is 0 Å². The smallest absolute Gasteiger partial charge is 0.355 e. The van der Waals surface area contributed by atoms with E-state index in [1.807, 2.05) is 26.2 Å². The first-order valence-electron chi connectivity index (χ1n) is 7.16. The quantitative estimate of drug-likeness (QED) is 0.783. The average molecular weight is 264 g/mol. The van der Waals surface area contributed by atoms with E-state index in [-0.39, 0.29) is 12.1 Å². The van der Waals surface area contributed by atoms with Crippen LogP contribution in [-0.2, 0) is 11.8 Å². The van der Waals surface area contributed by atoms with Gasteiger partial charge in [-0.3, -0.25) is 0 Å². The lowest BCUT2D eigenvalue weighted by Crippen LogP contribution is -2.38. The van der Waals surface area contributed by atoms with Crippen LogP contribution in [-0.4, -0.2) is 41.2 Å². The molecule has 1 aliphatic heterocycles. The van der Waals surface area contributed by atoms with Crippen molar-refractivity contribution in [2.75, 3.05) is 19.6 Å². The van der Waals surface area contributed by atoms with Crippen molar-refractivity contribution in [2.45, 2.75) is 32.8 Å². The zero-order valence-electron chi connectivity index (χ0n) is 12.1. The fraction of sp³-hybridized carbons (Fsp3) is 0.667. The molecule has 0 amide bonds. The summed E-state index contributed by atoms with van der Waals surface area (Å²) >= 11 is 0. The molecule has 0 aliphatic carbocycles. The summed E-state index contributed by atoms with van der Waals surface area (Å²) in [5, 5.41) is 0. The lowest BCUT2D eigenvalue weighted by atomic mass is 9.92. The zero-order chi connectivity index (χ0) is 13.8. The van der Waals surface area contributed by atoms with Crippen LogP contribution in [0.3, 0.4) is 0 Å². The molecule has 1 atom stereocenters. The van der Waals surface area contributed by atoms with E-state index in [9.17, 15) is 4.79 Å². The lowest BCUT2D eigenvalue weighted by Gasteiger charge is -2.33.